The molecule has 0 bridgehead atoms. The van der Waals surface area contributed by atoms with E-state index in [1.807, 2.05) is 42.5 Å². The number of methoxy groups -OCH3 is 1. The average Bonchev–Trinajstić information content (AvgIpc) is 3.14. The summed E-state index contributed by atoms with van der Waals surface area (Å²) in [5.74, 6) is 1.69. The normalized spacial score (nSPS) is 10.9. The fourth-order valence-electron chi connectivity index (χ4n) is 3.60. The maximum Gasteiger partial charge on any atom is 0.252 e. The minimum Gasteiger partial charge on any atom is -0.497 e. The molecule has 5 nitrogen and oxygen atoms in total. The second kappa shape index (κ2) is 9.67. The van der Waals surface area contributed by atoms with Gasteiger partial charge in [-0.1, -0.05) is 48.0 Å². The lowest BCUT2D eigenvalue weighted by molar-refractivity contribution is 0.0953. The monoisotopic (exact) mass is 433 g/mol. The highest BCUT2D eigenvalue weighted by Gasteiger charge is 2.12. The number of aryl methyl sites for hydroxylation is 1. The van der Waals surface area contributed by atoms with Crippen LogP contribution in [0.2, 0.25) is 5.02 Å². The van der Waals surface area contributed by atoms with Gasteiger partial charge in [-0.25, -0.2) is 4.98 Å². The number of nitrogens with one attached hydrogen (secondary N) is 1. The number of amides is 1. The van der Waals surface area contributed by atoms with Crippen LogP contribution in [0, 0.1) is 0 Å². The third kappa shape index (κ3) is 4.89. The Morgan fingerprint density at radius 3 is 2.55 bits per heavy atom. The molecule has 0 fully saturated rings. The van der Waals surface area contributed by atoms with Crippen molar-refractivity contribution in [2.45, 2.75) is 19.4 Å². The van der Waals surface area contributed by atoms with E-state index in [9.17, 15) is 4.79 Å². The fraction of sp³-hybridized carbons (Fsp3) is 0.200. The zero-order valence-corrected chi connectivity index (χ0v) is 18.1. The molecule has 3 aromatic carbocycles. The topological polar surface area (TPSA) is 56.1 Å². The van der Waals surface area contributed by atoms with Crippen LogP contribution in [0.3, 0.4) is 0 Å². The van der Waals surface area contributed by atoms with E-state index in [1.54, 1.807) is 19.2 Å². The van der Waals surface area contributed by atoms with Gasteiger partial charge in [0, 0.05) is 19.5 Å². The molecule has 0 saturated heterocycles. The number of benzene rings is 3. The molecule has 0 aliphatic carbocycles. The molecule has 0 radical (unpaired) electrons. The number of rotatable bonds is 8. The van der Waals surface area contributed by atoms with E-state index < -0.39 is 0 Å². The average molecular weight is 434 g/mol. The quantitative estimate of drug-likeness (QED) is 0.393. The fourth-order valence-corrected chi connectivity index (χ4v) is 3.82. The maximum atomic E-state index is 12.4. The number of ether oxygens (including phenoxy) is 1. The third-order valence-corrected chi connectivity index (χ3v) is 5.54. The van der Waals surface area contributed by atoms with Gasteiger partial charge in [-0.2, -0.15) is 0 Å². The summed E-state index contributed by atoms with van der Waals surface area (Å²) in [7, 11) is 1.67. The smallest absolute Gasteiger partial charge is 0.252 e. The third-order valence-electron chi connectivity index (χ3n) is 5.21. The van der Waals surface area contributed by atoms with Crippen LogP contribution < -0.4 is 10.1 Å². The van der Waals surface area contributed by atoms with Crippen LogP contribution in [0.25, 0.3) is 11.0 Å². The number of carbonyl (C=O) groups excluding carboxylic acids is 1. The van der Waals surface area contributed by atoms with E-state index in [4.69, 9.17) is 21.3 Å². The summed E-state index contributed by atoms with van der Waals surface area (Å²) in [6.45, 7) is 1.28. The first kappa shape index (κ1) is 20.9. The first-order valence-corrected chi connectivity index (χ1v) is 10.6. The SMILES string of the molecule is COc1ccc(Cn2c(CCCNC(=O)c3ccccc3Cl)nc3ccccc32)cc1. The van der Waals surface area contributed by atoms with Gasteiger partial charge < -0.3 is 14.6 Å². The predicted molar refractivity (Wildman–Crippen MR) is 124 cm³/mol. The number of aromatic nitrogens is 2. The van der Waals surface area contributed by atoms with Crippen molar-refractivity contribution in [1.82, 2.24) is 14.9 Å². The Kier molecular flexibility index (Phi) is 6.53. The van der Waals surface area contributed by atoms with Crippen LogP contribution in [-0.4, -0.2) is 29.1 Å². The Bertz CT molecular complexity index is 1190. The van der Waals surface area contributed by atoms with Crippen LogP contribution in [0.4, 0.5) is 0 Å². The Morgan fingerprint density at radius 1 is 1.03 bits per heavy atom. The molecule has 0 spiro atoms. The number of imidazole rings is 1. The van der Waals surface area contributed by atoms with Gasteiger partial charge in [0.15, 0.2) is 0 Å². The molecule has 6 heteroatoms. The number of hydrogen-bond acceptors (Lipinski definition) is 3. The summed E-state index contributed by atoms with van der Waals surface area (Å²) < 4.78 is 7.50. The standard InChI is InChI=1S/C25H24ClN3O2/c1-31-19-14-12-18(13-15-19)17-29-23-10-5-4-9-22(23)28-24(29)11-6-16-27-25(30)20-7-2-3-8-21(20)26/h2-5,7-10,12-15H,6,11,16-17H2,1H3,(H,27,30). The predicted octanol–water partition coefficient (Wildman–Crippen LogP) is 5.11. The molecule has 31 heavy (non-hydrogen) atoms. The lowest BCUT2D eigenvalue weighted by atomic mass is 10.2. The van der Waals surface area contributed by atoms with Gasteiger partial charge in [0.1, 0.15) is 11.6 Å². The zero-order chi connectivity index (χ0) is 21.6. The Labute approximate surface area is 186 Å². The van der Waals surface area contributed by atoms with Crippen LogP contribution in [0.1, 0.15) is 28.2 Å². The van der Waals surface area contributed by atoms with Gasteiger partial charge in [-0.15, -0.1) is 0 Å². The highest BCUT2D eigenvalue weighted by molar-refractivity contribution is 6.33. The number of para-hydroxylation sites is 2. The summed E-state index contributed by atoms with van der Waals surface area (Å²) >= 11 is 6.11. The first-order valence-electron chi connectivity index (χ1n) is 10.3. The van der Waals surface area contributed by atoms with Gasteiger partial charge in [0.25, 0.3) is 5.91 Å². The van der Waals surface area contributed by atoms with E-state index in [0.717, 1.165) is 42.0 Å². The lowest BCUT2D eigenvalue weighted by Crippen LogP contribution is -2.25. The number of carbonyl (C=O) groups is 1. The van der Waals surface area contributed by atoms with Crippen LogP contribution in [-0.2, 0) is 13.0 Å². The lowest BCUT2D eigenvalue weighted by Gasteiger charge is -2.11. The molecule has 1 aromatic heterocycles. The van der Waals surface area contributed by atoms with E-state index in [0.29, 0.717) is 17.1 Å². The van der Waals surface area contributed by atoms with Gasteiger partial charge in [0.2, 0.25) is 0 Å². The molecule has 0 aliphatic rings. The van der Waals surface area contributed by atoms with Gasteiger partial charge in [-0.3, -0.25) is 4.79 Å². The van der Waals surface area contributed by atoms with Crippen molar-refractivity contribution >= 4 is 28.5 Å². The number of nitrogens with zero attached hydrogens (tertiary/aromatic N) is 2. The highest BCUT2D eigenvalue weighted by Crippen LogP contribution is 2.20. The molecule has 1 amide bonds. The van der Waals surface area contributed by atoms with Gasteiger partial charge in [-0.05, 0) is 48.4 Å². The summed E-state index contributed by atoms with van der Waals surface area (Å²) in [6.07, 6.45) is 1.54. The van der Waals surface area contributed by atoms with Crippen LogP contribution in [0.15, 0.2) is 72.8 Å². The minimum atomic E-state index is -0.155. The highest BCUT2D eigenvalue weighted by atomic mass is 35.5. The molecule has 1 N–H and O–H groups in total. The van der Waals surface area contributed by atoms with Crippen LogP contribution >= 0.6 is 11.6 Å². The molecule has 0 atom stereocenters. The van der Waals surface area contributed by atoms with Crippen molar-refractivity contribution in [2.75, 3.05) is 13.7 Å². The van der Waals surface area contributed by atoms with Crippen LogP contribution in [0.5, 0.6) is 5.75 Å². The number of hydrogen-bond donors (Lipinski definition) is 1. The van der Waals surface area contributed by atoms with Crippen molar-refractivity contribution < 1.29 is 9.53 Å². The molecule has 158 valence electrons. The zero-order valence-electron chi connectivity index (χ0n) is 17.3. The molecular formula is C25H24ClN3O2. The maximum absolute atomic E-state index is 12.4. The second-order valence-corrected chi connectivity index (χ2v) is 7.70. The van der Waals surface area contributed by atoms with E-state index in [1.165, 1.54) is 5.56 Å². The largest absolute Gasteiger partial charge is 0.497 e. The number of fused-ring (bicyclic) bond motifs is 1. The van der Waals surface area contributed by atoms with Crippen molar-refractivity contribution in [3.63, 3.8) is 0 Å². The van der Waals surface area contributed by atoms with E-state index >= 15 is 0 Å². The van der Waals surface area contributed by atoms with Crippen molar-refractivity contribution in [3.8, 4) is 5.75 Å². The molecule has 0 aliphatic heterocycles. The van der Waals surface area contributed by atoms with Crippen molar-refractivity contribution in [2.24, 2.45) is 0 Å². The first-order chi connectivity index (χ1) is 15.2. The molecule has 4 aromatic rings. The van der Waals surface area contributed by atoms with E-state index in [-0.39, 0.29) is 5.91 Å². The Morgan fingerprint density at radius 2 is 1.77 bits per heavy atom. The molecule has 1 heterocycles. The van der Waals surface area contributed by atoms with Gasteiger partial charge in [0.05, 0.1) is 28.7 Å². The van der Waals surface area contributed by atoms with Crippen molar-refractivity contribution in [3.05, 3.63) is 94.8 Å². The number of halogens is 1. The summed E-state index contributed by atoms with van der Waals surface area (Å²) in [6, 6.07) is 23.3. The Hall–Kier alpha value is -3.31. The summed E-state index contributed by atoms with van der Waals surface area (Å²) in [4.78, 5) is 17.2. The molecule has 0 unspecified atom stereocenters. The molecular weight excluding hydrogens is 410 g/mol. The summed E-state index contributed by atoms with van der Waals surface area (Å²) in [5.41, 5.74) is 3.76. The minimum absolute atomic E-state index is 0.155. The summed E-state index contributed by atoms with van der Waals surface area (Å²) in [5, 5.41) is 3.41. The molecule has 4 rings (SSSR count). The Balaban J connectivity index is 1.45. The van der Waals surface area contributed by atoms with Crippen molar-refractivity contribution in [1.29, 1.82) is 0 Å². The molecule has 0 saturated carbocycles. The second-order valence-electron chi connectivity index (χ2n) is 7.29. The van der Waals surface area contributed by atoms with E-state index in [2.05, 4.69) is 28.1 Å². The van der Waals surface area contributed by atoms with Gasteiger partial charge >= 0.3 is 0 Å².